The van der Waals surface area contributed by atoms with Gasteiger partial charge in [-0.15, -0.1) is 0 Å². The van der Waals surface area contributed by atoms with Gasteiger partial charge in [-0.2, -0.15) is 0 Å². The zero-order chi connectivity index (χ0) is 13.9. The van der Waals surface area contributed by atoms with E-state index in [1.807, 2.05) is 6.07 Å². The molecule has 1 aromatic heterocycles. The summed E-state index contributed by atoms with van der Waals surface area (Å²) in [6.07, 6.45) is 3.18. The van der Waals surface area contributed by atoms with E-state index in [1.54, 1.807) is 42.7 Å². The number of carbonyl (C=O) groups excluding carboxylic acids is 1. The van der Waals surface area contributed by atoms with Gasteiger partial charge in [0.15, 0.2) is 0 Å². The summed E-state index contributed by atoms with van der Waals surface area (Å²) >= 11 is 0. The summed E-state index contributed by atoms with van der Waals surface area (Å²) in [4.78, 5) is 16.1. The van der Waals surface area contributed by atoms with E-state index in [1.165, 1.54) is 12.1 Å². The molecular weight excluding hydrogens is 255 g/mol. The number of carbonyl (C=O) groups is 1. The number of rotatable bonds is 2. The Morgan fingerprint density at radius 2 is 1.90 bits per heavy atom. The lowest BCUT2D eigenvalue weighted by molar-refractivity contribution is 0.102. The second-order valence-corrected chi connectivity index (χ2v) is 4.37. The van der Waals surface area contributed by atoms with Crippen LogP contribution in [0.25, 0.3) is 10.8 Å². The van der Waals surface area contributed by atoms with E-state index in [-0.39, 0.29) is 5.91 Å². The first-order chi connectivity index (χ1) is 9.74. The van der Waals surface area contributed by atoms with Gasteiger partial charge < -0.3 is 5.32 Å². The first-order valence-electron chi connectivity index (χ1n) is 6.14. The molecule has 0 saturated carbocycles. The van der Waals surface area contributed by atoms with E-state index >= 15 is 0 Å². The number of nitrogens with zero attached hydrogens (tertiary/aromatic N) is 1. The highest BCUT2D eigenvalue weighted by Crippen LogP contribution is 2.24. The molecule has 0 saturated heterocycles. The Morgan fingerprint density at radius 3 is 2.70 bits per heavy atom. The van der Waals surface area contributed by atoms with Crippen molar-refractivity contribution in [1.29, 1.82) is 0 Å². The minimum atomic E-state index is -0.408. The van der Waals surface area contributed by atoms with E-state index in [9.17, 15) is 9.18 Å². The molecule has 0 spiro atoms. The Morgan fingerprint density at radius 1 is 1.10 bits per heavy atom. The summed E-state index contributed by atoms with van der Waals surface area (Å²) in [5.74, 6) is -0.678. The van der Waals surface area contributed by atoms with E-state index in [2.05, 4.69) is 10.3 Å². The fourth-order valence-corrected chi connectivity index (χ4v) is 2.06. The van der Waals surface area contributed by atoms with Crippen LogP contribution >= 0.6 is 0 Å². The van der Waals surface area contributed by atoms with Gasteiger partial charge in [0.2, 0.25) is 0 Å². The number of fused-ring (bicyclic) bond motifs is 1. The van der Waals surface area contributed by atoms with Gasteiger partial charge in [0, 0.05) is 28.7 Å². The lowest BCUT2D eigenvalue weighted by Gasteiger charge is -2.09. The summed E-state index contributed by atoms with van der Waals surface area (Å²) in [6.45, 7) is 0. The number of pyridine rings is 1. The van der Waals surface area contributed by atoms with Crippen LogP contribution in [0.1, 0.15) is 10.4 Å². The molecule has 3 nitrogen and oxygen atoms in total. The monoisotopic (exact) mass is 266 g/mol. The van der Waals surface area contributed by atoms with Gasteiger partial charge in [-0.3, -0.25) is 9.78 Å². The minimum absolute atomic E-state index is 0.269. The van der Waals surface area contributed by atoms with Crippen molar-refractivity contribution < 1.29 is 9.18 Å². The molecule has 0 radical (unpaired) electrons. The van der Waals surface area contributed by atoms with Gasteiger partial charge in [0.25, 0.3) is 5.91 Å². The molecule has 1 heterocycles. The Kier molecular flexibility index (Phi) is 3.13. The standard InChI is InChI=1S/C16H11FN2O/c17-13-8-12-10-18-7-6-14(12)15(9-13)19-16(20)11-4-2-1-3-5-11/h1-10H,(H,19,20). The molecule has 20 heavy (non-hydrogen) atoms. The number of hydrogen-bond acceptors (Lipinski definition) is 2. The molecule has 98 valence electrons. The van der Waals surface area contributed by atoms with Crippen molar-refractivity contribution in [2.45, 2.75) is 0 Å². The number of nitrogens with one attached hydrogen (secondary N) is 1. The predicted octanol–water partition coefficient (Wildman–Crippen LogP) is 3.63. The van der Waals surface area contributed by atoms with Crippen LogP contribution in [0.5, 0.6) is 0 Å². The first kappa shape index (κ1) is 12.3. The van der Waals surface area contributed by atoms with E-state index in [4.69, 9.17) is 0 Å². The van der Waals surface area contributed by atoms with Crippen molar-refractivity contribution >= 4 is 22.4 Å². The number of halogens is 1. The molecule has 0 aliphatic rings. The molecule has 2 aromatic carbocycles. The third kappa shape index (κ3) is 2.36. The fraction of sp³-hybridized carbons (Fsp3) is 0. The maximum Gasteiger partial charge on any atom is 0.255 e. The summed E-state index contributed by atoms with van der Waals surface area (Å²) in [7, 11) is 0. The van der Waals surface area contributed by atoms with Crippen LogP contribution in [-0.4, -0.2) is 10.9 Å². The topological polar surface area (TPSA) is 42.0 Å². The van der Waals surface area contributed by atoms with Crippen LogP contribution in [0.2, 0.25) is 0 Å². The van der Waals surface area contributed by atoms with E-state index in [0.29, 0.717) is 16.6 Å². The summed E-state index contributed by atoms with van der Waals surface area (Å²) in [5.41, 5.74) is 0.968. The van der Waals surface area contributed by atoms with E-state index in [0.717, 1.165) is 5.39 Å². The van der Waals surface area contributed by atoms with Gasteiger partial charge >= 0.3 is 0 Å². The molecule has 1 N–H and O–H groups in total. The highest BCUT2D eigenvalue weighted by atomic mass is 19.1. The minimum Gasteiger partial charge on any atom is -0.321 e. The van der Waals surface area contributed by atoms with Crippen LogP contribution in [0.15, 0.2) is 60.9 Å². The zero-order valence-electron chi connectivity index (χ0n) is 10.5. The maximum atomic E-state index is 13.6. The average molecular weight is 266 g/mol. The Bertz CT molecular complexity index is 772. The molecule has 0 aliphatic carbocycles. The second kappa shape index (κ2) is 5.09. The van der Waals surface area contributed by atoms with Crippen molar-refractivity contribution in [2.24, 2.45) is 0 Å². The quantitative estimate of drug-likeness (QED) is 0.769. The third-order valence-corrected chi connectivity index (χ3v) is 3.00. The Hall–Kier alpha value is -2.75. The Balaban J connectivity index is 2.01. The van der Waals surface area contributed by atoms with Crippen LogP contribution in [-0.2, 0) is 0 Å². The molecule has 0 bridgehead atoms. The smallest absolute Gasteiger partial charge is 0.255 e. The van der Waals surface area contributed by atoms with Gasteiger partial charge in [0.1, 0.15) is 5.82 Å². The molecule has 1 amide bonds. The zero-order valence-corrected chi connectivity index (χ0v) is 10.5. The molecule has 0 fully saturated rings. The number of amides is 1. The van der Waals surface area contributed by atoms with Crippen molar-refractivity contribution in [3.05, 3.63) is 72.3 Å². The van der Waals surface area contributed by atoms with Crippen LogP contribution < -0.4 is 5.32 Å². The van der Waals surface area contributed by atoms with Crippen molar-refractivity contribution in [2.75, 3.05) is 5.32 Å². The summed E-state index contributed by atoms with van der Waals surface area (Å²) in [6, 6.07) is 13.3. The number of anilines is 1. The number of aromatic nitrogens is 1. The molecular formula is C16H11FN2O. The average Bonchev–Trinajstić information content (AvgIpc) is 2.48. The third-order valence-electron chi connectivity index (χ3n) is 3.00. The van der Waals surface area contributed by atoms with Gasteiger partial charge in [-0.1, -0.05) is 18.2 Å². The van der Waals surface area contributed by atoms with Gasteiger partial charge in [0.05, 0.1) is 5.69 Å². The maximum absolute atomic E-state index is 13.6. The summed E-state index contributed by atoms with van der Waals surface area (Å²) < 4.78 is 13.6. The van der Waals surface area contributed by atoms with Gasteiger partial charge in [-0.05, 0) is 30.3 Å². The molecule has 0 atom stereocenters. The number of benzene rings is 2. The molecule has 3 aromatic rings. The molecule has 3 rings (SSSR count). The van der Waals surface area contributed by atoms with Crippen LogP contribution in [0.3, 0.4) is 0 Å². The van der Waals surface area contributed by atoms with Crippen molar-refractivity contribution in [1.82, 2.24) is 4.98 Å². The van der Waals surface area contributed by atoms with Crippen LogP contribution in [0.4, 0.5) is 10.1 Å². The normalized spacial score (nSPS) is 10.4. The molecule has 4 heteroatoms. The lowest BCUT2D eigenvalue weighted by Crippen LogP contribution is -2.12. The van der Waals surface area contributed by atoms with Crippen molar-refractivity contribution in [3.63, 3.8) is 0 Å². The first-order valence-corrected chi connectivity index (χ1v) is 6.14. The number of hydrogen-bond donors (Lipinski definition) is 1. The SMILES string of the molecule is O=C(Nc1cc(F)cc2cnccc12)c1ccccc1. The van der Waals surface area contributed by atoms with Crippen molar-refractivity contribution in [3.8, 4) is 0 Å². The second-order valence-electron chi connectivity index (χ2n) is 4.37. The summed E-state index contributed by atoms with van der Waals surface area (Å²) in [5, 5.41) is 4.14. The predicted molar refractivity (Wildman–Crippen MR) is 76.1 cm³/mol. The van der Waals surface area contributed by atoms with Gasteiger partial charge in [-0.25, -0.2) is 4.39 Å². The van der Waals surface area contributed by atoms with Crippen LogP contribution in [0, 0.1) is 5.82 Å². The highest BCUT2D eigenvalue weighted by molar-refractivity contribution is 6.09. The molecule has 0 unspecified atom stereocenters. The Labute approximate surface area is 115 Å². The van der Waals surface area contributed by atoms with E-state index < -0.39 is 5.82 Å². The molecule has 0 aliphatic heterocycles. The highest BCUT2D eigenvalue weighted by Gasteiger charge is 2.09. The fourth-order valence-electron chi connectivity index (χ4n) is 2.06. The largest absolute Gasteiger partial charge is 0.321 e. The lowest BCUT2D eigenvalue weighted by atomic mass is 10.1.